The van der Waals surface area contributed by atoms with E-state index in [1.165, 1.54) is 37.3 Å². The van der Waals surface area contributed by atoms with Crippen molar-refractivity contribution >= 4 is 29.9 Å². The van der Waals surface area contributed by atoms with Crippen LogP contribution in [0.15, 0.2) is 51.0 Å². The number of anilines is 1. The van der Waals surface area contributed by atoms with Crippen molar-refractivity contribution in [2.24, 2.45) is 16.8 Å². The predicted octanol–water partition coefficient (Wildman–Crippen LogP) is 6.56. The van der Waals surface area contributed by atoms with Crippen molar-refractivity contribution in [3.8, 4) is 0 Å². The largest absolute Gasteiger partial charge is 0.376 e. The highest BCUT2D eigenvalue weighted by atomic mass is 32.8. The Labute approximate surface area is 185 Å². The number of benzene rings is 1. The molecule has 1 aliphatic rings. The first kappa shape index (κ1) is 24.9. The van der Waals surface area contributed by atoms with Crippen LogP contribution >= 0.6 is 8.44 Å². The fourth-order valence-corrected chi connectivity index (χ4v) is 5.12. The van der Waals surface area contributed by atoms with Gasteiger partial charge in [0.25, 0.3) is 0 Å². The summed E-state index contributed by atoms with van der Waals surface area (Å²) in [6, 6.07) is 4.66. The molecule has 2 atom stereocenters. The van der Waals surface area contributed by atoms with Crippen molar-refractivity contribution < 1.29 is 8.60 Å². The number of thiol groups is 1. The lowest BCUT2D eigenvalue weighted by Crippen LogP contribution is -2.19. The summed E-state index contributed by atoms with van der Waals surface area (Å²) in [5, 5.41) is 3.25. The van der Waals surface area contributed by atoms with E-state index < -0.39 is 9.55 Å². The third kappa shape index (κ3) is 6.85. The molecule has 6 heteroatoms. The van der Waals surface area contributed by atoms with Crippen LogP contribution in [0.3, 0.4) is 0 Å². The Morgan fingerprint density at radius 1 is 1.30 bits per heavy atom. The molecule has 1 aromatic rings. The molecule has 1 saturated carbocycles. The zero-order valence-electron chi connectivity index (χ0n) is 19.2. The molecule has 0 amide bonds. The van der Waals surface area contributed by atoms with Crippen LogP contribution in [0.1, 0.15) is 60.3 Å². The van der Waals surface area contributed by atoms with Gasteiger partial charge in [-0.1, -0.05) is 43.3 Å². The number of rotatable bonds is 7. The van der Waals surface area contributed by atoms with E-state index in [0.717, 1.165) is 17.2 Å². The Hall–Kier alpha value is -1.32. The van der Waals surface area contributed by atoms with E-state index in [1.54, 1.807) is 18.4 Å². The number of hydrogen-bond donors (Lipinski definition) is 2. The van der Waals surface area contributed by atoms with Crippen LogP contribution in [0.25, 0.3) is 0 Å². The molecule has 0 bridgehead atoms. The van der Waals surface area contributed by atoms with Crippen molar-refractivity contribution in [2.45, 2.75) is 71.2 Å². The normalized spacial score (nSPS) is 23.3. The highest BCUT2D eigenvalue weighted by Gasteiger charge is 2.20. The summed E-state index contributed by atoms with van der Waals surface area (Å²) < 4.78 is 26.8. The van der Waals surface area contributed by atoms with Crippen molar-refractivity contribution in [2.75, 3.05) is 11.6 Å². The van der Waals surface area contributed by atoms with Gasteiger partial charge in [0.15, 0.2) is 0 Å². The van der Waals surface area contributed by atoms with Crippen LogP contribution in [0.4, 0.5) is 10.1 Å². The maximum Gasteiger partial charge on any atom is 0.147 e. The SMILES string of the molecule is C\C=N/C(/C=C(/C)C1CCC(C)CC1)=C(/C)C(C)Nc1ccc([SH](C)(=O)P)cc1F. The summed E-state index contributed by atoms with van der Waals surface area (Å²) in [4.78, 5) is 5.13. The summed E-state index contributed by atoms with van der Waals surface area (Å²) in [7, 11) is -0.244. The van der Waals surface area contributed by atoms with Gasteiger partial charge in [-0.25, -0.2) is 4.39 Å². The lowest BCUT2D eigenvalue weighted by Gasteiger charge is -2.27. The monoisotopic (exact) mass is 452 g/mol. The first-order valence-corrected chi connectivity index (χ1v) is 14.6. The summed E-state index contributed by atoms with van der Waals surface area (Å²) in [6.07, 6.45) is 10.7. The molecule has 1 N–H and O–H groups in total. The van der Waals surface area contributed by atoms with Crippen LogP contribution in [-0.2, 0) is 9.55 Å². The molecule has 2 unspecified atom stereocenters. The maximum atomic E-state index is 14.6. The summed E-state index contributed by atoms with van der Waals surface area (Å²) in [5.74, 6) is 1.07. The molecular weight excluding hydrogens is 414 g/mol. The van der Waals surface area contributed by atoms with Gasteiger partial charge < -0.3 is 5.32 Å². The lowest BCUT2D eigenvalue weighted by atomic mass is 9.79. The van der Waals surface area contributed by atoms with E-state index in [1.807, 2.05) is 27.0 Å². The molecule has 168 valence electrons. The zero-order valence-corrected chi connectivity index (χ0v) is 21.3. The van der Waals surface area contributed by atoms with Gasteiger partial charge in [-0.3, -0.25) is 9.20 Å². The Morgan fingerprint density at radius 3 is 2.47 bits per heavy atom. The average Bonchev–Trinajstić information content (AvgIpc) is 2.68. The second kappa shape index (κ2) is 10.8. The van der Waals surface area contributed by atoms with E-state index in [2.05, 4.69) is 38.7 Å². The number of aliphatic imine (C=N–C) groups is 1. The van der Waals surface area contributed by atoms with Crippen molar-refractivity contribution in [1.29, 1.82) is 0 Å². The second-order valence-electron chi connectivity index (χ2n) is 8.82. The lowest BCUT2D eigenvalue weighted by molar-refractivity contribution is 0.320. The van der Waals surface area contributed by atoms with Gasteiger partial charge in [0, 0.05) is 17.2 Å². The number of nitrogens with one attached hydrogen (secondary N) is 1. The highest BCUT2D eigenvalue weighted by molar-refractivity contribution is 8.44. The quantitative estimate of drug-likeness (QED) is 0.213. The highest BCUT2D eigenvalue weighted by Crippen LogP contribution is 2.34. The first-order chi connectivity index (χ1) is 14.0. The van der Waals surface area contributed by atoms with Crippen LogP contribution in [-0.4, -0.2) is 22.7 Å². The zero-order chi connectivity index (χ0) is 22.5. The fourth-order valence-electron chi connectivity index (χ4n) is 3.90. The van der Waals surface area contributed by atoms with Crippen molar-refractivity contribution in [1.82, 2.24) is 0 Å². The van der Waals surface area contributed by atoms with E-state index in [0.29, 0.717) is 16.5 Å². The van der Waals surface area contributed by atoms with E-state index >= 15 is 0 Å². The van der Waals surface area contributed by atoms with Gasteiger partial charge in [0.05, 0.1) is 11.4 Å². The molecule has 1 aliphatic carbocycles. The molecule has 1 aromatic carbocycles. The standard InChI is InChI=1S/C24H38FN2OPS/c1-7-26-24(14-17(3)20-10-8-16(2)9-11-20)18(4)19(5)27-23-13-12-21(15-22(23)25)30(6,28)29/h7,12-16,19-20,27,30H,8-11,29H2,1-6H3/b17-14-,24-18-,26-7-. The molecule has 0 radical (unpaired) electrons. The minimum absolute atomic E-state index is 0.0936. The molecule has 2 rings (SSSR count). The van der Waals surface area contributed by atoms with Gasteiger partial charge >= 0.3 is 0 Å². The third-order valence-electron chi connectivity index (χ3n) is 6.18. The maximum absolute atomic E-state index is 14.6. The molecule has 1 fully saturated rings. The van der Waals surface area contributed by atoms with Crippen LogP contribution < -0.4 is 5.32 Å². The molecule has 3 nitrogen and oxygen atoms in total. The van der Waals surface area contributed by atoms with Crippen LogP contribution in [0.2, 0.25) is 0 Å². The first-order valence-electron chi connectivity index (χ1n) is 10.8. The van der Waals surface area contributed by atoms with Gasteiger partial charge in [-0.15, -0.1) is 0 Å². The Balaban J connectivity index is 2.23. The molecular formula is C24H38FN2OPS. The number of allylic oxidation sites excluding steroid dienone is 2. The Morgan fingerprint density at radius 2 is 1.93 bits per heavy atom. The third-order valence-corrected chi connectivity index (χ3v) is 8.38. The Bertz CT molecular complexity index is 879. The Kier molecular flexibility index (Phi) is 8.99. The van der Waals surface area contributed by atoms with Crippen LogP contribution in [0, 0.1) is 17.7 Å². The molecule has 0 heterocycles. The average molecular weight is 453 g/mol. The van der Waals surface area contributed by atoms with E-state index in [-0.39, 0.29) is 11.9 Å². The van der Waals surface area contributed by atoms with Crippen molar-refractivity contribution in [3.05, 3.63) is 46.9 Å². The fraction of sp³-hybridized carbons (Fsp3) is 0.542. The van der Waals surface area contributed by atoms with Gasteiger partial charge in [0.1, 0.15) is 5.82 Å². The summed E-state index contributed by atoms with van der Waals surface area (Å²) >= 11 is 0. The topological polar surface area (TPSA) is 41.5 Å². The van der Waals surface area contributed by atoms with Crippen LogP contribution in [0.5, 0.6) is 0 Å². The van der Waals surface area contributed by atoms with Crippen molar-refractivity contribution in [3.63, 3.8) is 0 Å². The number of nitrogens with zero attached hydrogens (tertiary/aromatic N) is 1. The predicted molar refractivity (Wildman–Crippen MR) is 135 cm³/mol. The minimum atomic E-state index is -2.56. The van der Waals surface area contributed by atoms with Gasteiger partial charge in [0.2, 0.25) is 0 Å². The van der Waals surface area contributed by atoms with E-state index in [9.17, 15) is 8.60 Å². The molecule has 0 aliphatic heterocycles. The van der Waals surface area contributed by atoms with Gasteiger partial charge in [-0.2, -0.15) is 0 Å². The molecule has 0 aromatic heterocycles. The molecule has 30 heavy (non-hydrogen) atoms. The number of halogens is 1. The molecule has 0 spiro atoms. The number of hydrogen-bond acceptors (Lipinski definition) is 3. The van der Waals surface area contributed by atoms with Gasteiger partial charge in [-0.05, 0) is 88.5 Å². The summed E-state index contributed by atoms with van der Waals surface area (Å²) in [6.45, 7) is 10.5. The summed E-state index contributed by atoms with van der Waals surface area (Å²) in [5.41, 5.74) is 3.79. The van der Waals surface area contributed by atoms with E-state index in [4.69, 9.17) is 0 Å². The minimum Gasteiger partial charge on any atom is -0.376 e. The molecule has 0 saturated heterocycles. The second-order valence-corrected chi connectivity index (χ2v) is 14.3. The smallest absolute Gasteiger partial charge is 0.147 e.